The number of hydrogen-bond donors (Lipinski definition) is 1. The summed E-state index contributed by atoms with van der Waals surface area (Å²) < 4.78 is 1.75. The molecule has 1 amide bonds. The van der Waals surface area contributed by atoms with Gasteiger partial charge in [0.25, 0.3) is 5.91 Å². The van der Waals surface area contributed by atoms with E-state index in [9.17, 15) is 9.90 Å². The number of carbonyl (C=O) groups is 1. The first kappa shape index (κ1) is 16.0. The molecule has 2 rings (SSSR count). The smallest absolute Gasteiger partial charge is 0.272 e. The van der Waals surface area contributed by atoms with Gasteiger partial charge in [-0.15, -0.1) is 0 Å². The van der Waals surface area contributed by atoms with E-state index in [0.717, 1.165) is 25.8 Å². The van der Waals surface area contributed by atoms with Crippen LogP contribution in [0.1, 0.15) is 36.7 Å². The lowest BCUT2D eigenvalue weighted by Gasteiger charge is -2.40. The normalized spacial score (nSPS) is 22.8. The molecule has 21 heavy (non-hydrogen) atoms. The number of amides is 1. The van der Waals surface area contributed by atoms with Crippen molar-refractivity contribution in [2.24, 2.45) is 0 Å². The van der Waals surface area contributed by atoms with Crippen molar-refractivity contribution in [2.45, 2.75) is 38.3 Å². The molecule has 1 unspecified atom stereocenters. The average Bonchev–Trinajstić information content (AvgIpc) is 2.85. The van der Waals surface area contributed by atoms with Crippen LogP contribution in [0, 0.1) is 0 Å². The van der Waals surface area contributed by atoms with Crippen LogP contribution in [-0.4, -0.2) is 69.9 Å². The van der Waals surface area contributed by atoms with E-state index in [2.05, 4.69) is 12.0 Å². The predicted molar refractivity (Wildman–Crippen MR) is 81.2 cm³/mol. The molecule has 1 fully saturated rings. The minimum absolute atomic E-state index is 0.0298. The number of β-amino-alcohol motifs (C(OH)–C–C–N with tert-alkyl or cyclic N) is 1. The highest BCUT2D eigenvalue weighted by atomic mass is 16.3. The number of aromatic nitrogens is 2. The molecule has 0 aliphatic carbocycles. The molecule has 0 radical (unpaired) electrons. The molecule has 0 spiro atoms. The van der Waals surface area contributed by atoms with Gasteiger partial charge in [0.05, 0.1) is 12.1 Å². The molecule has 118 valence electrons. The van der Waals surface area contributed by atoms with Crippen LogP contribution in [0.4, 0.5) is 0 Å². The Morgan fingerprint density at radius 1 is 1.52 bits per heavy atom. The van der Waals surface area contributed by atoms with Crippen molar-refractivity contribution >= 4 is 5.91 Å². The summed E-state index contributed by atoms with van der Waals surface area (Å²) in [6.45, 7) is 4.47. The molecule has 1 atom stereocenters. The van der Waals surface area contributed by atoms with Crippen LogP contribution in [0.3, 0.4) is 0 Å². The lowest BCUT2D eigenvalue weighted by Crippen LogP contribution is -2.54. The zero-order valence-electron chi connectivity index (χ0n) is 13.2. The maximum Gasteiger partial charge on any atom is 0.272 e. The Hall–Kier alpha value is -1.40. The molecule has 2 heterocycles. The fourth-order valence-corrected chi connectivity index (χ4v) is 3.07. The largest absolute Gasteiger partial charge is 0.387 e. The van der Waals surface area contributed by atoms with E-state index in [-0.39, 0.29) is 5.91 Å². The Bertz CT molecular complexity index is 486. The number of aliphatic hydroxyl groups is 1. The van der Waals surface area contributed by atoms with Crippen LogP contribution in [0.2, 0.25) is 0 Å². The van der Waals surface area contributed by atoms with Crippen LogP contribution < -0.4 is 0 Å². The number of carbonyl (C=O) groups excluding carboxylic acids is 1. The van der Waals surface area contributed by atoms with E-state index >= 15 is 0 Å². The Morgan fingerprint density at radius 3 is 2.95 bits per heavy atom. The Balaban J connectivity index is 2.10. The minimum atomic E-state index is -0.812. The minimum Gasteiger partial charge on any atom is -0.387 e. The van der Waals surface area contributed by atoms with E-state index in [0.29, 0.717) is 25.3 Å². The fourth-order valence-electron chi connectivity index (χ4n) is 3.07. The number of aryl methyl sites for hydroxylation is 1. The summed E-state index contributed by atoms with van der Waals surface area (Å²) in [4.78, 5) is 16.4. The van der Waals surface area contributed by atoms with Gasteiger partial charge in [0.15, 0.2) is 0 Å². The van der Waals surface area contributed by atoms with Gasteiger partial charge in [-0.05, 0) is 39.4 Å². The third-order valence-electron chi connectivity index (χ3n) is 3.82. The second kappa shape index (κ2) is 6.58. The summed E-state index contributed by atoms with van der Waals surface area (Å²) in [5, 5.41) is 14.9. The summed E-state index contributed by atoms with van der Waals surface area (Å²) in [7, 11) is 3.88. The van der Waals surface area contributed by atoms with Gasteiger partial charge in [0.2, 0.25) is 0 Å². The molecule has 1 aliphatic heterocycles. The molecule has 0 aromatic carbocycles. The first-order chi connectivity index (χ1) is 9.95. The summed E-state index contributed by atoms with van der Waals surface area (Å²) in [6.07, 6.45) is 4.17. The molecule has 1 aromatic rings. The molecule has 1 saturated heterocycles. The number of likely N-dealkylation sites (N-methyl/N-ethyl adjacent to an activating group) is 1. The van der Waals surface area contributed by atoms with Crippen molar-refractivity contribution in [3.63, 3.8) is 0 Å². The van der Waals surface area contributed by atoms with Crippen molar-refractivity contribution in [3.8, 4) is 0 Å². The highest BCUT2D eigenvalue weighted by molar-refractivity contribution is 5.92. The van der Waals surface area contributed by atoms with Crippen molar-refractivity contribution in [2.75, 3.05) is 33.7 Å². The number of nitrogens with zero attached hydrogens (tertiary/aromatic N) is 4. The summed E-state index contributed by atoms with van der Waals surface area (Å²) in [5.41, 5.74) is -0.196. The van der Waals surface area contributed by atoms with Gasteiger partial charge in [-0.3, -0.25) is 9.48 Å². The highest BCUT2D eigenvalue weighted by Crippen LogP contribution is 2.23. The van der Waals surface area contributed by atoms with Gasteiger partial charge in [-0.2, -0.15) is 5.10 Å². The van der Waals surface area contributed by atoms with Crippen LogP contribution in [0.25, 0.3) is 0 Å². The van der Waals surface area contributed by atoms with Gasteiger partial charge in [-0.25, -0.2) is 0 Å². The SMILES string of the molecule is CCCn1nccc1C(=O)N1CCCC(O)(CN(C)C)C1. The van der Waals surface area contributed by atoms with Gasteiger partial charge in [-0.1, -0.05) is 6.92 Å². The maximum atomic E-state index is 12.7. The second-order valence-corrected chi connectivity index (χ2v) is 6.23. The van der Waals surface area contributed by atoms with Crippen molar-refractivity contribution < 1.29 is 9.90 Å². The number of hydrogen-bond acceptors (Lipinski definition) is 4. The molecular formula is C15H26N4O2. The van der Waals surface area contributed by atoms with Gasteiger partial charge in [0, 0.05) is 25.8 Å². The van der Waals surface area contributed by atoms with E-state index in [1.807, 2.05) is 19.0 Å². The van der Waals surface area contributed by atoms with E-state index < -0.39 is 5.60 Å². The van der Waals surface area contributed by atoms with Crippen molar-refractivity contribution in [3.05, 3.63) is 18.0 Å². The number of piperidine rings is 1. The molecule has 6 nitrogen and oxygen atoms in total. The lowest BCUT2D eigenvalue weighted by molar-refractivity contribution is -0.0394. The zero-order valence-corrected chi connectivity index (χ0v) is 13.2. The summed E-state index contributed by atoms with van der Waals surface area (Å²) >= 11 is 0. The zero-order chi connectivity index (χ0) is 15.5. The summed E-state index contributed by atoms with van der Waals surface area (Å²) in [6, 6.07) is 1.76. The molecule has 0 bridgehead atoms. The quantitative estimate of drug-likeness (QED) is 0.873. The first-order valence-electron chi connectivity index (χ1n) is 7.63. The molecule has 1 aromatic heterocycles. The third-order valence-corrected chi connectivity index (χ3v) is 3.82. The average molecular weight is 294 g/mol. The van der Waals surface area contributed by atoms with Crippen molar-refractivity contribution in [1.29, 1.82) is 0 Å². The highest BCUT2D eigenvalue weighted by Gasteiger charge is 2.36. The lowest BCUT2D eigenvalue weighted by atomic mass is 9.92. The summed E-state index contributed by atoms with van der Waals surface area (Å²) in [5.74, 6) is -0.0298. The van der Waals surface area contributed by atoms with Crippen LogP contribution in [-0.2, 0) is 6.54 Å². The van der Waals surface area contributed by atoms with E-state index in [1.165, 1.54) is 0 Å². The Morgan fingerprint density at radius 2 is 2.29 bits per heavy atom. The van der Waals surface area contributed by atoms with Crippen LogP contribution in [0.15, 0.2) is 12.3 Å². The second-order valence-electron chi connectivity index (χ2n) is 6.23. The topological polar surface area (TPSA) is 61.6 Å². The van der Waals surface area contributed by atoms with Crippen molar-refractivity contribution in [1.82, 2.24) is 19.6 Å². The number of likely N-dealkylation sites (tertiary alicyclic amines) is 1. The third kappa shape index (κ3) is 3.83. The molecule has 0 saturated carbocycles. The monoisotopic (exact) mass is 294 g/mol. The standard InChI is InChI=1S/C15H26N4O2/c1-4-9-19-13(6-8-16-19)14(20)18-10-5-7-15(21,12-18)11-17(2)3/h6,8,21H,4-5,7,9-12H2,1-3H3. The molecule has 1 N–H and O–H groups in total. The Labute approximate surface area is 126 Å². The van der Waals surface area contributed by atoms with Crippen LogP contribution >= 0.6 is 0 Å². The molecule has 6 heteroatoms. The van der Waals surface area contributed by atoms with Crippen LogP contribution in [0.5, 0.6) is 0 Å². The van der Waals surface area contributed by atoms with Gasteiger partial charge < -0.3 is 14.9 Å². The van der Waals surface area contributed by atoms with Gasteiger partial charge in [0.1, 0.15) is 5.69 Å². The van der Waals surface area contributed by atoms with E-state index in [4.69, 9.17) is 0 Å². The number of rotatable bonds is 5. The molecular weight excluding hydrogens is 268 g/mol. The fraction of sp³-hybridized carbons (Fsp3) is 0.733. The van der Waals surface area contributed by atoms with E-state index in [1.54, 1.807) is 21.8 Å². The molecule has 1 aliphatic rings. The maximum absolute atomic E-state index is 12.7. The van der Waals surface area contributed by atoms with Gasteiger partial charge >= 0.3 is 0 Å². The Kier molecular flexibility index (Phi) is 5.00. The first-order valence-corrected chi connectivity index (χ1v) is 7.63. The predicted octanol–water partition coefficient (Wildman–Crippen LogP) is 0.822.